The van der Waals surface area contributed by atoms with E-state index in [1.165, 1.54) is 29.5 Å². The zero-order chi connectivity index (χ0) is 20.5. The van der Waals surface area contributed by atoms with Gasteiger partial charge in [-0.1, -0.05) is 11.3 Å². The number of carbonyl (C=O) groups is 2. The number of nitrogens with one attached hydrogen (secondary N) is 1. The van der Waals surface area contributed by atoms with Crippen molar-refractivity contribution in [2.24, 2.45) is 0 Å². The van der Waals surface area contributed by atoms with Gasteiger partial charge in [-0.15, -0.1) is 0 Å². The van der Waals surface area contributed by atoms with Gasteiger partial charge in [0.05, 0.1) is 27.9 Å². The molecule has 0 unspecified atom stereocenters. The maximum Gasteiger partial charge on any atom is 0.271 e. The van der Waals surface area contributed by atoms with Crippen molar-refractivity contribution in [1.29, 1.82) is 0 Å². The Hall–Kier alpha value is -3.73. The Kier molecular flexibility index (Phi) is 4.72. The number of thiazole rings is 1. The van der Waals surface area contributed by atoms with Crippen LogP contribution in [0, 0.1) is 10.1 Å². The molecule has 11 heteroatoms. The van der Waals surface area contributed by atoms with E-state index in [2.05, 4.69) is 10.3 Å². The number of fused-ring (bicyclic) bond motifs is 2. The summed E-state index contributed by atoms with van der Waals surface area (Å²) in [6.45, 7) is -0.575. The third kappa shape index (κ3) is 3.67. The van der Waals surface area contributed by atoms with Gasteiger partial charge >= 0.3 is 0 Å². The maximum absolute atomic E-state index is 12.5. The van der Waals surface area contributed by atoms with Crippen LogP contribution in [-0.2, 0) is 9.59 Å². The van der Waals surface area contributed by atoms with Gasteiger partial charge in [0.1, 0.15) is 18.0 Å². The molecule has 0 atom stereocenters. The minimum absolute atomic E-state index is 0.180. The highest BCUT2D eigenvalue weighted by Gasteiger charge is 2.29. The third-order valence-electron chi connectivity index (χ3n) is 4.24. The van der Waals surface area contributed by atoms with Crippen molar-refractivity contribution in [3.05, 3.63) is 46.5 Å². The molecule has 1 aliphatic rings. The number of ether oxygens (including phenoxy) is 2. The number of nitrogens with zero attached hydrogens (tertiary/aromatic N) is 3. The van der Waals surface area contributed by atoms with Gasteiger partial charge in [-0.3, -0.25) is 24.6 Å². The van der Waals surface area contributed by atoms with Gasteiger partial charge < -0.3 is 14.8 Å². The van der Waals surface area contributed by atoms with E-state index in [1.807, 2.05) is 6.07 Å². The monoisotopic (exact) mass is 414 g/mol. The second kappa shape index (κ2) is 7.36. The van der Waals surface area contributed by atoms with Gasteiger partial charge in [0, 0.05) is 12.1 Å². The SMILES string of the molecule is COc1ccc2nc(NC(=O)CN3C(=O)COc4ccc([N+](=O)[O-])cc43)sc2c1. The number of carbonyl (C=O) groups excluding carboxylic acids is 2. The molecule has 0 spiro atoms. The van der Waals surface area contributed by atoms with Crippen molar-refractivity contribution >= 4 is 49.9 Å². The average molecular weight is 414 g/mol. The van der Waals surface area contributed by atoms with Crippen LogP contribution in [0.25, 0.3) is 10.2 Å². The van der Waals surface area contributed by atoms with Gasteiger partial charge in [0.2, 0.25) is 5.91 Å². The number of non-ortho nitro benzene ring substituents is 1. The fourth-order valence-corrected chi connectivity index (χ4v) is 3.78. The zero-order valence-corrected chi connectivity index (χ0v) is 15.9. The van der Waals surface area contributed by atoms with Crippen LogP contribution in [0.2, 0.25) is 0 Å². The van der Waals surface area contributed by atoms with Crippen molar-refractivity contribution in [2.75, 3.05) is 30.5 Å². The Morgan fingerprint density at radius 1 is 1.38 bits per heavy atom. The Bertz CT molecular complexity index is 1140. The molecule has 0 radical (unpaired) electrons. The van der Waals surface area contributed by atoms with Gasteiger partial charge in [0.15, 0.2) is 11.7 Å². The number of methoxy groups -OCH3 is 1. The number of benzene rings is 2. The predicted molar refractivity (Wildman–Crippen MR) is 106 cm³/mol. The lowest BCUT2D eigenvalue weighted by Gasteiger charge is -2.28. The first kappa shape index (κ1) is 18.6. The van der Waals surface area contributed by atoms with E-state index in [9.17, 15) is 19.7 Å². The zero-order valence-electron chi connectivity index (χ0n) is 15.1. The highest BCUT2D eigenvalue weighted by molar-refractivity contribution is 7.22. The topological polar surface area (TPSA) is 124 Å². The molecule has 10 nitrogen and oxygen atoms in total. The quantitative estimate of drug-likeness (QED) is 0.503. The molecule has 2 amide bonds. The number of amides is 2. The molecule has 1 aromatic heterocycles. The van der Waals surface area contributed by atoms with Crippen molar-refractivity contribution in [2.45, 2.75) is 0 Å². The highest BCUT2D eigenvalue weighted by atomic mass is 32.1. The number of aromatic nitrogens is 1. The molecule has 1 aliphatic heterocycles. The fraction of sp³-hybridized carbons (Fsp3) is 0.167. The summed E-state index contributed by atoms with van der Waals surface area (Å²) in [5.74, 6) is 0.0251. The molecule has 0 aliphatic carbocycles. The third-order valence-corrected chi connectivity index (χ3v) is 5.17. The van der Waals surface area contributed by atoms with Crippen LogP contribution in [0.15, 0.2) is 36.4 Å². The summed E-state index contributed by atoms with van der Waals surface area (Å²) in [5.41, 5.74) is 0.682. The smallest absolute Gasteiger partial charge is 0.271 e. The second-order valence-electron chi connectivity index (χ2n) is 6.08. The van der Waals surface area contributed by atoms with Gasteiger partial charge in [-0.2, -0.15) is 0 Å². The molecule has 0 saturated carbocycles. The van der Waals surface area contributed by atoms with E-state index in [0.29, 0.717) is 22.1 Å². The Morgan fingerprint density at radius 2 is 2.21 bits per heavy atom. The molecule has 0 fully saturated rings. The van der Waals surface area contributed by atoms with Crippen LogP contribution in [0.5, 0.6) is 11.5 Å². The number of hydrogen-bond acceptors (Lipinski definition) is 8. The van der Waals surface area contributed by atoms with E-state index >= 15 is 0 Å². The molecule has 2 aromatic carbocycles. The van der Waals surface area contributed by atoms with Crippen LogP contribution in [-0.4, -0.2) is 42.0 Å². The van der Waals surface area contributed by atoms with E-state index in [-0.39, 0.29) is 24.5 Å². The molecule has 2 heterocycles. The number of anilines is 2. The summed E-state index contributed by atoms with van der Waals surface area (Å²) in [4.78, 5) is 40.7. The van der Waals surface area contributed by atoms with Crippen LogP contribution >= 0.6 is 11.3 Å². The van der Waals surface area contributed by atoms with E-state index in [4.69, 9.17) is 9.47 Å². The van der Waals surface area contributed by atoms with Crippen molar-refractivity contribution in [3.8, 4) is 11.5 Å². The van der Waals surface area contributed by atoms with Crippen molar-refractivity contribution < 1.29 is 24.0 Å². The number of rotatable bonds is 5. The first-order chi connectivity index (χ1) is 13.9. The minimum Gasteiger partial charge on any atom is -0.497 e. The van der Waals surface area contributed by atoms with E-state index in [1.54, 1.807) is 19.2 Å². The summed E-state index contributed by atoms with van der Waals surface area (Å²) >= 11 is 1.27. The van der Waals surface area contributed by atoms with Gasteiger partial charge in [0.25, 0.3) is 11.6 Å². The Morgan fingerprint density at radius 3 is 2.97 bits per heavy atom. The summed E-state index contributed by atoms with van der Waals surface area (Å²) in [5, 5.41) is 14.1. The first-order valence-electron chi connectivity index (χ1n) is 8.40. The summed E-state index contributed by atoms with van der Waals surface area (Å²) < 4.78 is 11.3. The largest absolute Gasteiger partial charge is 0.497 e. The van der Waals surface area contributed by atoms with Gasteiger partial charge in [-0.25, -0.2) is 4.98 Å². The molecule has 1 N–H and O–H groups in total. The lowest BCUT2D eigenvalue weighted by Crippen LogP contribution is -2.43. The molecular weight excluding hydrogens is 400 g/mol. The standard InChI is InChI=1S/C18H14N4O6S/c1-27-11-3-4-12-15(7-11)29-18(19-12)20-16(23)8-21-13-6-10(22(25)26)2-5-14(13)28-9-17(21)24/h2-7H,8-9H2,1H3,(H,19,20,23). The average Bonchev–Trinajstić information content (AvgIpc) is 3.10. The summed E-state index contributed by atoms with van der Waals surface area (Å²) in [6, 6.07) is 9.26. The second-order valence-corrected chi connectivity index (χ2v) is 7.11. The normalized spacial score (nSPS) is 13.0. The molecule has 0 saturated heterocycles. The van der Waals surface area contributed by atoms with Crippen molar-refractivity contribution in [3.63, 3.8) is 0 Å². The summed E-state index contributed by atoms with van der Waals surface area (Å²) in [7, 11) is 1.56. The van der Waals surface area contributed by atoms with Crippen LogP contribution < -0.4 is 19.7 Å². The summed E-state index contributed by atoms with van der Waals surface area (Å²) in [6.07, 6.45) is 0. The molecule has 0 bridgehead atoms. The lowest BCUT2D eigenvalue weighted by atomic mass is 10.2. The number of hydrogen-bond donors (Lipinski definition) is 1. The van der Waals surface area contributed by atoms with E-state index in [0.717, 1.165) is 9.60 Å². The molecule has 3 aromatic rings. The lowest BCUT2D eigenvalue weighted by molar-refractivity contribution is -0.384. The van der Waals surface area contributed by atoms with Crippen molar-refractivity contribution in [1.82, 2.24) is 4.98 Å². The minimum atomic E-state index is -0.576. The van der Waals surface area contributed by atoms with E-state index < -0.39 is 16.7 Å². The molecular formula is C18H14N4O6S. The molecule has 4 rings (SSSR count). The number of nitro groups is 1. The number of nitro benzene ring substituents is 1. The highest BCUT2D eigenvalue weighted by Crippen LogP contribution is 2.35. The fourth-order valence-electron chi connectivity index (χ4n) is 2.87. The van der Waals surface area contributed by atoms with Crippen LogP contribution in [0.1, 0.15) is 0 Å². The predicted octanol–water partition coefficient (Wildman–Crippen LogP) is 2.58. The molecule has 148 valence electrons. The van der Waals surface area contributed by atoms with Gasteiger partial charge in [-0.05, 0) is 24.3 Å². The van der Waals surface area contributed by atoms with Crippen LogP contribution in [0.3, 0.4) is 0 Å². The Balaban J connectivity index is 1.55. The maximum atomic E-state index is 12.5. The van der Waals surface area contributed by atoms with Crippen LogP contribution in [0.4, 0.5) is 16.5 Å². The molecule has 29 heavy (non-hydrogen) atoms. The Labute approximate surface area is 167 Å². The first-order valence-corrected chi connectivity index (χ1v) is 9.22.